The van der Waals surface area contributed by atoms with Crippen molar-refractivity contribution in [2.75, 3.05) is 5.43 Å². The molecule has 0 aliphatic rings. The third-order valence-electron chi connectivity index (χ3n) is 4.17. The third-order valence-corrected chi connectivity index (χ3v) is 4.17. The summed E-state index contributed by atoms with van der Waals surface area (Å²) in [6, 6.07) is 33.3. The van der Waals surface area contributed by atoms with E-state index in [0.29, 0.717) is 0 Å². The van der Waals surface area contributed by atoms with E-state index in [4.69, 9.17) is 0 Å². The maximum atomic E-state index is 4.33. The molecule has 0 bridgehead atoms. The van der Waals surface area contributed by atoms with Gasteiger partial charge in [-0.1, -0.05) is 78.9 Å². The van der Waals surface area contributed by atoms with E-state index in [9.17, 15) is 0 Å². The summed E-state index contributed by atoms with van der Waals surface area (Å²) in [5, 5.41) is 6.85. The number of anilines is 1. The number of para-hydroxylation sites is 1. The van der Waals surface area contributed by atoms with Gasteiger partial charge in [-0.15, -0.1) is 0 Å². The molecule has 120 valence electrons. The molecule has 0 amide bonds. The molecule has 2 heteroatoms. The number of hydrogen-bond donors (Lipinski definition) is 1. The lowest BCUT2D eigenvalue weighted by Gasteiger charge is -2.07. The summed E-state index contributed by atoms with van der Waals surface area (Å²) in [5.74, 6) is 0. The van der Waals surface area contributed by atoms with Gasteiger partial charge in [0.2, 0.25) is 0 Å². The quantitative estimate of drug-likeness (QED) is 0.364. The number of hydrazone groups is 1. The lowest BCUT2D eigenvalue weighted by molar-refractivity contribution is 1.35. The Morgan fingerprint density at radius 3 is 2.36 bits per heavy atom. The van der Waals surface area contributed by atoms with Crippen LogP contribution in [-0.2, 0) is 0 Å². The highest BCUT2D eigenvalue weighted by molar-refractivity contribution is 5.97. The van der Waals surface area contributed by atoms with Gasteiger partial charge < -0.3 is 0 Å². The molecule has 0 spiro atoms. The minimum Gasteiger partial charge on any atom is -0.279 e. The lowest BCUT2D eigenvalue weighted by Crippen LogP contribution is -1.90. The minimum absolute atomic E-state index is 0.976. The van der Waals surface area contributed by atoms with Crippen LogP contribution in [0.4, 0.5) is 5.69 Å². The topological polar surface area (TPSA) is 24.4 Å². The zero-order chi connectivity index (χ0) is 16.9. The van der Waals surface area contributed by atoms with Crippen molar-refractivity contribution in [2.45, 2.75) is 0 Å². The van der Waals surface area contributed by atoms with E-state index in [2.05, 4.69) is 77.3 Å². The van der Waals surface area contributed by atoms with Crippen LogP contribution in [0.2, 0.25) is 0 Å². The molecule has 4 aromatic carbocycles. The zero-order valence-electron chi connectivity index (χ0n) is 13.8. The normalized spacial score (nSPS) is 11.0. The molecule has 0 saturated carbocycles. The predicted octanol–water partition coefficient (Wildman–Crippen LogP) is 5.95. The third kappa shape index (κ3) is 3.43. The second kappa shape index (κ2) is 7.02. The Morgan fingerprint density at radius 2 is 1.44 bits per heavy atom. The Hall–Kier alpha value is -3.39. The lowest BCUT2D eigenvalue weighted by atomic mass is 9.97. The number of rotatable bonds is 4. The van der Waals surface area contributed by atoms with Gasteiger partial charge >= 0.3 is 0 Å². The van der Waals surface area contributed by atoms with Gasteiger partial charge in [-0.25, -0.2) is 0 Å². The molecule has 0 aliphatic carbocycles. The fourth-order valence-electron chi connectivity index (χ4n) is 2.96. The fraction of sp³-hybridized carbons (Fsp3) is 0. The van der Waals surface area contributed by atoms with E-state index < -0.39 is 0 Å². The molecule has 0 saturated heterocycles. The van der Waals surface area contributed by atoms with E-state index in [0.717, 1.165) is 11.3 Å². The van der Waals surface area contributed by atoms with Crippen LogP contribution in [0.5, 0.6) is 0 Å². The molecular formula is C23H18N2. The fourth-order valence-corrected chi connectivity index (χ4v) is 2.96. The highest BCUT2D eigenvalue weighted by Crippen LogP contribution is 2.28. The van der Waals surface area contributed by atoms with Crippen LogP contribution in [0.25, 0.3) is 21.9 Å². The second-order valence-electron chi connectivity index (χ2n) is 5.89. The summed E-state index contributed by atoms with van der Waals surface area (Å²) in [5.41, 5.74) is 7.53. The first kappa shape index (κ1) is 15.2. The van der Waals surface area contributed by atoms with Gasteiger partial charge in [-0.3, -0.25) is 5.43 Å². The summed E-state index contributed by atoms with van der Waals surface area (Å²) in [6.07, 6.45) is 1.85. The summed E-state index contributed by atoms with van der Waals surface area (Å²) in [6.45, 7) is 0. The molecule has 1 N–H and O–H groups in total. The Bertz CT molecular complexity index is 1010. The minimum atomic E-state index is 0.976. The zero-order valence-corrected chi connectivity index (χ0v) is 13.8. The molecule has 4 rings (SSSR count). The molecule has 0 heterocycles. The van der Waals surface area contributed by atoms with Crippen LogP contribution in [0, 0.1) is 0 Å². The SMILES string of the molecule is C(=NNc1ccccc1)c1cccc(-c2cccc3ccccc23)c1. The number of benzene rings is 4. The molecule has 2 nitrogen and oxygen atoms in total. The first-order valence-corrected chi connectivity index (χ1v) is 8.32. The van der Waals surface area contributed by atoms with Gasteiger partial charge in [0.1, 0.15) is 0 Å². The molecule has 4 aromatic rings. The van der Waals surface area contributed by atoms with Crippen molar-refractivity contribution in [3.63, 3.8) is 0 Å². The van der Waals surface area contributed by atoms with E-state index in [1.807, 2.05) is 36.5 Å². The van der Waals surface area contributed by atoms with Crippen LogP contribution in [0.3, 0.4) is 0 Å². The van der Waals surface area contributed by atoms with E-state index in [1.165, 1.54) is 21.9 Å². The molecular weight excluding hydrogens is 304 g/mol. The Kier molecular flexibility index (Phi) is 4.25. The average Bonchev–Trinajstić information content (AvgIpc) is 2.69. The van der Waals surface area contributed by atoms with Gasteiger partial charge in [0.15, 0.2) is 0 Å². The van der Waals surface area contributed by atoms with Gasteiger partial charge in [0.25, 0.3) is 0 Å². The number of nitrogens with one attached hydrogen (secondary N) is 1. The number of fused-ring (bicyclic) bond motifs is 1. The molecule has 0 aromatic heterocycles. The van der Waals surface area contributed by atoms with Crippen LogP contribution in [-0.4, -0.2) is 6.21 Å². The standard InChI is InChI=1S/C23H18N2/c1-2-12-21(13-3-1)25-24-17-18-8-6-11-20(16-18)23-15-7-10-19-9-4-5-14-22(19)23/h1-17,25H. The van der Waals surface area contributed by atoms with Gasteiger partial charge in [0.05, 0.1) is 11.9 Å². The first-order valence-electron chi connectivity index (χ1n) is 8.32. The van der Waals surface area contributed by atoms with Crippen molar-refractivity contribution in [2.24, 2.45) is 5.10 Å². The molecule has 0 radical (unpaired) electrons. The summed E-state index contributed by atoms with van der Waals surface area (Å²) < 4.78 is 0. The highest BCUT2D eigenvalue weighted by atomic mass is 15.3. The second-order valence-corrected chi connectivity index (χ2v) is 5.89. The average molecular weight is 322 g/mol. The van der Waals surface area contributed by atoms with Crippen molar-refractivity contribution in [1.82, 2.24) is 0 Å². The Morgan fingerprint density at radius 1 is 0.680 bits per heavy atom. The highest BCUT2D eigenvalue weighted by Gasteiger charge is 2.03. The van der Waals surface area contributed by atoms with Gasteiger partial charge in [0, 0.05) is 0 Å². The Balaban J connectivity index is 1.63. The van der Waals surface area contributed by atoms with Crippen molar-refractivity contribution in [3.8, 4) is 11.1 Å². The molecule has 0 unspecified atom stereocenters. The monoisotopic (exact) mass is 322 g/mol. The van der Waals surface area contributed by atoms with E-state index in [1.54, 1.807) is 0 Å². The maximum Gasteiger partial charge on any atom is 0.0561 e. The van der Waals surface area contributed by atoms with Crippen molar-refractivity contribution < 1.29 is 0 Å². The number of nitrogens with zero attached hydrogens (tertiary/aromatic N) is 1. The Labute approximate surface area is 147 Å². The van der Waals surface area contributed by atoms with Gasteiger partial charge in [-0.2, -0.15) is 5.10 Å². The van der Waals surface area contributed by atoms with Crippen molar-refractivity contribution in [1.29, 1.82) is 0 Å². The van der Waals surface area contributed by atoms with Crippen molar-refractivity contribution in [3.05, 3.63) is 103 Å². The summed E-state index contributed by atoms with van der Waals surface area (Å²) >= 11 is 0. The molecule has 0 atom stereocenters. The first-order chi connectivity index (χ1) is 12.4. The summed E-state index contributed by atoms with van der Waals surface area (Å²) in [4.78, 5) is 0. The van der Waals surface area contributed by atoms with Crippen LogP contribution in [0.15, 0.2) is 102 Å². The smallest absolute Gasteiger partial charge is 0.0561 e. The maximum absolute atomic E-state index is 4.33. The molecule has 0 aliphatic heterocycles. The summed E-state index contributed by atoms with van der Waals surface area (Å²) in [7, 11) is 0. The van der Waals surface area contributed by atoms with E-state index in [-0.39, 0.29) is 0 Å². The molecule has 25 heavy (non-hydrogen) atoms. The largest absolute Gasteiger partial charge is 0.279 e. The van der Waals surface area contributed by atoms with Crippen LogP contribution >= 0.6 is 0 Å². The predicted molar refractivity (Wildman–Crippen MR) is 107 cm³/mol. The van der Waals surface area contributed by atoms with Crippen molar-refractivity contribution >= 4 is 22.7 Å². The molecule has 0 fully saturated rings. The van der Waals surface area contributed by atoms with Crippen LogP contribution < -0.4 is 5.43 Å². The van der Waals surface area contributed by atoms with Gasteiger partial charge in [-0.05, 0) is 45.7 Å². The van der Waals surface area contributed by atoms with E-state index >= 15 is 0 Å². The number of hydrogen-bond acceptors (Lipinski definition) is 2. The van der Waals surface area contributed by atoms with Crippen LogP contribution in [0.1, 0.15) is 5.56 Å².